The highest BCUT2D eigenvalue weighted by molar-refractivity contribution is 5.92. The van der Waals surface area contributed by atoms with Gasteiger partial charge in [-0.25, -0.2) is 14.5 Å². The fourth-order valence-corrected chi connectivity index (χ4v) is 3.21. The molecule has 0 saturated carbocycles. The molecule has 3 aromatic heterocycles. The number of benzene rings is 1. The van der Waals surface area contributed by atoms with Gasteiger partial charge in [0, 0.05) is 54.5 Å². The maximum absolute atomic E-state index is 12.3. The minimum atomic E-state index is -1.03. The highest BCUT2D eigenvalue weighted by atomic mass is 16.5. The minimum absolute atomic E-state index is 0.146. The van der Waals surface area contributed by atoms with E-state index in [1.165, 1.54) is 22.4 Å². The SMILES string of the molecule is COc1ccc(-c2cc(=O)n(C)cc2-c2cnn(-c3ccccc3C(=O)O)c2)cn1. The van der Waals surface area contributed by atoms with Crippen molar-refractivity contribution in [2.75, 3.05) is 7.11 Å². The number of carbonyl (C=O) groups is 1. The van der Waals surface area contributed by atoms with Gasteiger partial charge in [-0.3, -0.25) is 4.79 Å². The Morgan fingerprint density at radius 2 is 1.83 bits per heavy atom. The summed E-state index contributed by atoms with van der Waals surface area (Å²) < 4.78 is 8.11. The highest BCUT2D eigenvalue weighted by Crippen LogP contribution is 2.31. The summed E-state index contributed by atoms with van der Waals surface area (Å²) in [5.74, 6) is -0.558. The maximum Gasteiger partial charge on any atom is 0.337 e. The summed E-state index contributed by atoms with van der Waals surface area (Å²) in [5.41, 5.74) is 3.38. The molecule has 30 heavy (non-hydrogen) atoms. The highest BCUT2D eigenvalue weighted by Gasteiger charge is 2.15. The second-order valence-corrected chi connectivity index (χ2v) is 6.64. The Labute approximate surface area is 171 Å². The van der Waals surface area contributed by atoms with Gasteiger partial charge in [0.05, 0.1) is 24.6 Å². The Morgan fingerprint density at radius 3 is 2.53 bits per heavy atom. The number of hydrogen-bond donors (Lipinski definition) is 1. The van der Waals surface area contributed by atoms with Crippen LogP contribution in [0.2, 0.25) is 0 Å². The average molecular weight is 402 g/mol. The van der Waals surface area contributed by atoms with E-state index in [0.29, 0.717) is 17.1 Å². The van der Waals surface area contributed by atoms with E-state index in [9.17, 15) is 14.7 Å². The molecule has 0 saturated heterocycles. The fraction of sp³-hybridized carbons (Fsp3) is 0.0909. The molecule has 150 valence electrons. The molecule has 0 amide bonds. The monoisotopic (exact) mass is 402 g/mol. The first-order chi connectivity index (χ1) is 14.5. The Balaban J connectivity index is 1.85. The van der Waals surface area contributed by atoms with E-state index in [1.807, 2.05) is 6.07 Å². The van der Waals surface area contributed by atoms with E-state index < -0.39 is 5.97 Å². The van der Waals surface area contributed by atoms with Gasteiger partial charge in [0.15, 0.2) is 0 Å². The van der Waals surface area contributed by atoms with Crippen molar-refractivity contribution in [1.29, 1.82) is 0 Å². The van der Waals surface area contributed by atoms with Crippen LogP contribution in [0.1, 0.15) is 10.4 Å². The minimum Gasteiger partial charge on any atom is -0.481 e. The second kappa shape index (κ2) is 7.67. The first kappa shape index (κ1) is 19.1. The van der Waals surface area contributed by atoms with Crippen molar-refractivity contribution in [2.24, 2.45) is 7.05 Å². The molecule has 8 heteroatoms. The summed E-state index contributed by atoms with van der Waals surface area (Å²) in [6.45, 7) is 0. The largest absolute Gasteiger partial charge is 0.481 e. The number of aromatic carboxylic acids is 1. The van der Waals surface area contributed by atoms with Gasteiger partial charge >= 0.3 is 5.97 Å². The molecule has 0 radical (unpaired) electrons. The number of carboxylic acid groups (broad SMARTS) is 1. The molecule has 0 aliphatic heterocycles. The zero-order valence-electron chi connectivity index (χ0n) is 16.3. The number of hydrogen-bond acceptors (Lipinski definition) is 5. The molecule has 4 aromatic rings. The number of aromatic nitrogens is 4. The molecule has 0 bridgehead atoms. The van der Waals surface area contributed by atoms with Crippen LogP contribution in [0.3, 0.4) is 0 Å². The van der Waals surface area contributed by atoms with Crippen molar-refractivity contribution in [3.05, 3.63) is 83.2 Å². The molecule has 0 fully saturated rings. The number of carboxylic acids is 1. The molecular formula is C22H18N4O4. The molecule has 4 rings (SSSR count). The zero-order chi connectivity index (χ0) is 21.3. The summed E-state index contributed by atoms with van der Waals surface area (Å²) >= 11 is 0. The van der Waals surface area contributed by atoms with Crippen LogP contribution in [0.15, 0.2) is 72.0 Å². The van der Waals surface area contributed by atoms with Crippen LogP contribution in [-0.4, -0.2) is 37.5 Å². The van der Waals surface area contributed by atoms with Crippen molar-refractivity contribution in [3.8, 4) is 33.8 Å². The third-order valence-corrected chi connectivity index (χ3v) is 4.76. The van der Waals surface area contributed by atoms with Gasteiger partial charge in [-0.1, -0.05) is 12.1 Å². The smallest absolute Gasteiger partial charge is 0.337 e. The van der Waals surface area contributed by atoms with Crippen molar-refractivity contribution < 1.29 is 14.6 Å². The van der Waals surface area contributed by atoms with E-state index in [1.54, 1.807) is 62.2 Å². The van der Waals surface area contributed by atoms with E-state index in [4.69, 9.17) is 4.74 Å². The average Bonchev–Trinajstić information content (AvgIpc) is 3.25. The maximum atomic E-state index is 12.3. The first-order valence-electron chi connectivity index (χ1n) is 9.07. The summed E-state index contributed by atoms with van der Waals surface area (Å²) in [7, 11) is 3.21. The lowest BCUT2D eigenvalue weighted by atomic mass is 9.99. The van der Waals surface area contributed by atoms with Gasteiger partial charge in [-0.05, 0) is 23.8 Å². The summed E-state index contributed by atoms with van der Waals surface area (Å²) in [6.07, 6.45) is 6.74. The predicted octanol–water partition coefficient (Wildman–Crippen LogP) is 3.01. The van der Waals surface area contributed by atoms with Crippen LogP contribution in [0.25, 0.3) is 27.9 Å². The van der Waals surface area contributed by atoms with Crippen LogP contribution in [0.5, 0.6) is 5.88 Å². The number of para-hydroxylation sites is 1. The third kappa shape index (κ3) is 3.46. The van der Waals surface area contributed by atoms with Crippen LogP contribution in [0.4, 0.5) is 0 Å². The van der Waals surface area contributed by atoms with E-state index in [2.05, 4.69) is 10.1 Å². The lowest BCUT2D eigenvalue weighted by Crippen LogP contribution is -2.15. The van der Waals surface area contributed by atoms with Crippen LogP contribution in [0, 0.1) is 0 Å². The topological polar surface area (TPSA) is 99.2 Å². The van der Waals surface area contributed by atoms with Gasteiger partial charge in [-0.15, -0.1) is 0 Å². The molecule has 0 spiro atoms. The number of methoxy groups -OCH3 is 1. The number of rotatable bonds is 5. The molecule has 0 aliphatic rings. The van der Waals surface area contributed by atoms with Crippen LogP contribution >= 0.6 is 0 Å². The van der Waals surface area contributed by atoms with Gasteiger partial charge in [0.25, 0.3) is 5.56 Å². The third-order valence-electron chi connectivity index (χ3n) is 4.76. The number of pyridine rings is 2. The normalized spacial score (nSPS) is 10.7. The summed E-state index contributed by atoms with van der Waals surface area (Å²) in [4.78, 5) is 28.1. The van der Waals surface area contributed by atoms with Gasteiger partial charge in [-0.2, -0.15) is 5.10 Å². The fourth-order valence-electron chi connectivity index (χ4n) is 3.21. The van der Waals surface area contributed by atoms with Crippen LogP contribution < -0.4 is 10.3 Å². The van der Waals surface area contributed by atoms with Crippen molar-refractivity contribution in [3.63, 3.8) is 0 Å². The number of ether oxygens (including phenoxy) is 1. The Bertz CT molecular complexity index is 1290. The van der Waals surface area contributed by atoms with Crippen molar-refractivity contribution >= 4 is 5.97 Å². The standard InChI is InChI=1S/C22H18N4O4/c1-25-13-18(17(9-21(25)27)14-7-8-20(30-2)23-10-14)15-11-24-26(12-15)19-6-4-3-5-16(19)22(28)29/h3-13H,1-2H3,(H,28,29). The molecular weight excluding hydrogens is 384 g/mol. The van der Waals surface area contributed by atoms with E-state index in [0.717, 1.165) is 16.7 Å². The lowest BCUT2D eigenvalue weighted by molar-refractivity contribution is 0.0696. The van der Waals surface area contributed by atoms with Crippen molar-refractivity contribution in [2.45, 2.75) is 0 Å². The predicted molar refractivity (Wildman–Crippen MR) is 111 cm³/mol. The van der Waals surface area contributed by atoms with Crippen LogP contribution in [-0.2, 0) is 7.05 Å². The Morgan fingerprint density at radius 1 is 1.03 bits per heavy atom. The zero-order valence-corrected chi connectivity index (χ0v) is 16.3. The molecule has 8 nitrogen and oxygen atoms in total. The Kier molecular flexibility index (Phi) is 4.89. The quantitative estimate of drug-likeness (QED) is 0.551. The van der Waals surface area contributed by atoms with Gasteiger partial charge < -0.3 is 14.4 Å². The molecule has 0 atom stereocenters. The van der Waals surface area contributed by atoms with Gasteiger partial charge in [0.2, 0.25) is 5.88 Å². The number of nitrogens with zero attached hydrogens (tertiary/aromatic N) is 4. The molecule has 3 heterocycles. The summed E-state index contributed by atoms with van der Waals surface area (Å²) in [5, 5.41) is 13.8. The lowest BCUT2D eigenvalue weighted by Gasteiger charge is -2.10. The van der Waals surface area contributed by atoms with E-state index in [-0.39, 0.29) is 11.1 Å². The van der Waals surface area contributed by atoms with Gasteiger partial charge in [0.1, 0.15) is 0 Å². The molecule has 0 unspecified atom stereocenters. The first-order valence-corrected chi connectivity index (χ1v) is 9.07. The second-order valence-electron chi connectivity index (χ2n) is 6.64. The number of aryl methyl sites for hydroxylation is 1. The van der Waals surface area contributed by atoms with Crippen molar-refractivity contribution in [1.82, 2.24) is 19.3 Å². The molecule has 0 aliphatic carbocycles. The molecule has 1 aromatic carbocycles. The van der Waals surface area contributed by atoms with E-state index >= 15 is 0 Å². The summed E-state index contributed by atoms with van der Waals surface area (Å²) in [6, 6.07) is 11.7. The molecule has 1 N–H and O–H groups in total. The Hall–Kier alpha value is -4.20.